The minimum atomic E-state index is -1.21. The Bertz CT molecular complexity index is 944. The lowest BCUT2D eigenvalue weighted by Gasteiger charge is -2.11. The van der Waals surface area contributed by atoms with Gasteiger partial charge in [0, 0.05) is 0 Å². The van der Waals surface area contributed by atoms with E-state index < -0.39 is 23.9 Å². The van der Waals surface area contributed by atoms with Gasteiger partial charge in [-0.3, -0.25) is 0 Å². The van der Waals surface area contributed by atoms with Gasteiger partial charge < -0.3 is 20.1 Å². The zero-order chi connectivity index (χ0) is 23.0. The highest BCUT2D eigenvalue weighted by atomic mass is 16.5. The number of aromatic carboxylic acids is 3. The molecule has 0 atom stereocenters. The van der Waals surface area contributed by atoms with Crippen molar-refractivity contribution < 1.29 is 39.2 Å². The van der Waals surface area contributed by atoms with Gasteiger partial charge in [0.1, 0.15) is 0 Å². The van der Waals surface area contributed by atoms with Crippen LogP contribution in [0.5, 0.6) is 0 Å². The van der Waals surface area contributed by atoms with Gasteiger partial charge in [0.25, 0.3) is 0 Å². The Balaban J connectivity index is 0.000000300. The van der Waals surface area contributed by atoms with Gasteiger partial charge in [0.05, 0.1) is 28.4 Å². The summed E-state index contributed by atoms with van der Waals surface area (Å²) in [4.78, 5) is 44.1. The molecule has 0 unspecified atom stereocenters. The van der Waals surface area contributed by atoms with Gasteiger partial charge >= 0.3 is 23.9 Å². The van der Waals surface area contributed by atoms with Gasteiger partial charge in [-0.25, -0.2) is 19.2 Å². The van der Waals surface area contributed by atoms with Crippen molar-refractivity contribution in [2.24, 2.45) is 0 Å². The average Bonchev–Trinajstić information content (AvgIpc) is 2.67. The molecular weight excluding hydrogens is 392 g/mol. The van der Waals surface area contributed by atoms with E-state index in [9.17, 15) is 19.2 Å². The van der Waals surface area contributed by atoms with E-state index in [1.165, 1.54) is 18.2 Å². The molecule has 0 heterocycles. The Kier molecular flexibility index (Phi) is 8.73. The fraction of sp³-hybridized carbons (Fsp3) is 0.273. The van der Waals surface area contributed by atoms with E-state index in [2.05, 4.69) is 0 Å². The van der Waals surface area contributed by atoms with Crippen molar-refractivity contribution in [2.45, 2.75) is 39.7 Å². The Labute approximate surface area is 173 Å². The number of carbonyl (C=O) groups excluding carboxylic acids is 1. The number of hydrogen-bond acceptors (Lipinski definition) is 5. The lowest BCUT2D eigenvalue weighted by Crippen LogP contribution is -2.15. The van der Waals surface area contributed by atoms with E-state index >= 15 is 0 Å². The van der Waals surface area contributed by atoms with Crippen molar-refractivity contribution in [1.29, 1.82) is 0 Å². The van der Waals surface area contributed by atoms with Gasteiger partial charge in [0.15, 0.2) is 0 Å². The second-order valence-electron chi connectivity index (χ2n) is 6.84. The van der Waals surface area contributed by atoms with Crippen molar-refractivity contribution >= 4 is 23.9 Å². The maximum atomic E-state index is 11.5. The second-order valence-corrected chi connectivity index (χ2v) is 6.84. The van der Waals surface area contributed by atoms with Gasteiger partial charge in [-0.05, 0) is 43.5 Å². The molecule has 0 saturated carbocycles. The van der Waals surface area contributed by atoms with Crippen LogP contribution < -0.4 is 0 Å². The predicted molar refractivity (Wildman–Crippen MR) is 108 cm³/mol. The molecule has 2 aromatic carbocycles. The SMILES string of the molecule is CC(C)OC(=O)c1ccccc1C(=O)O.CC(C)c1cccc(C(=O)O)c1C(=O)O. The molecule has 2 aromatic rings. The maximum absolute atomic E-state index is 11.5. The van der Waals surface area contributed by atoms with E-state index in [-0.39, 0.29) is 34.3 Å². The zero-order valence-corrected chi connectivity index (χ0v) is 17.1. The van der Waals surface area contributed by atoms with Crippen LogP contribution in [0.2, 0.25) is 0 Å². The Morgan fingerprint density at radius 2 is 1.20 bits per heavy atom. The Morgan fingerprint density at radius 1 is 0.700 bits per heavy atom. The van der Waals surface area contributed by atoms with E-state index in [1.807, 2.05) is 13.8 Å². The lowest BCUT2D eigenvalue weighted by molar-refractivity contribution is 0.0370. The van der Waals surface area contributed by atoms with Crippen LogP contribution in [0.25, 0.3) is 0 Å². The second kappa shape index (κ2) is 10.8. The summed E-state index contributed by atoms with van der Waals surface area (Å²) in [6, 6.07) is 10.5. The summed E-state index contributed by atoms with van der Waals surface area (Å²) in [6.07, 6.45) is -0.264. The van der Waals surface area contributed by atoms with Crippen LogP contribution in [-0.2, 0) is 4.74 Å². The largest absolute Gasteiger partial charge is 0.478 e. The molecule has 0 fully saturated rings. The first-order valence-electron chi connectivity index (χ1n) is 9.10. The molecule has 0 bridgehead atoms. The molecule has 0 spiro atoms. The van der Waals surface area contributed by atoms with Crippen molar-refractivity contribution in [3.63, 3.8) is 0 Å². The number of carbonyl (C=O) groups is 4. The molecule has 0 aliphatic heterocycles. The normalized spacial score (nSPS) is 10.2. The molecule has 0 aliphatic carbocycles. The van der Waals surface area contributed by atoms with Crippen molar-refractivity contribution in [2.75, 3.05) is 0 Å². The third-order valence-corrected chi connectivity index (χ3v) is 3.88. The first-order valence-corrected chi connectivity index (χ1v) is 9.10. The van der Waals surface area contributed by atoms with Crippen LogP contribution in [0.4, 0.5) is 0 Å². The first-order chi connectivity index (χ1) is 14.0. The standard InChI is InChI=1S/2C11H12O4/c1-7(2)15-11(14)9-6-4-3-5-8(9)10(12)13;1-6(2)7-4-3-5-8(10(12)13)9(7)11(14)15/h3-7H,1-2H3,(H,12,13);3-6H,1-2H3,(H,12,13)(H,14,15). The number of benzene rings is 2. The number of esters is 1. The number of hydrogen-bond donors (Lipinski definition) is 3. The minimum absolute atomic E-state index is 0.0181. The summed E-state index contributed by atoms with van der Waals surface area (Å²) >= 11 is 0. The lowest BCUT2D eigenvalue weighted by atomic mass is 9.93. The van der Waals surface area contributed by atoms with Gasteiger partial charge in [-0.1, -0.05) is 38.1 Å². The van der Waals surface area contributed by atoms with Gasteiger partial charge in [-0.15, -0.1) is 0 Å². The summed E-state index contributed by atoms with van der Waals surface area (Å²) in [6.45, 7) is 7.07. The Morgan fingerprint density at radius 3 is 1.63 bits per heavy atom. The summed E-state index contributed by atoms with van der Waals surface area (Å²) in [5, 5.41) is 26.7. The molecule has 160 valence electrons. The highest BCUT2D eigenvalue weighted by Gasteiger charge is 2.21. The third kappa shape index (κ3) is 6.44. The molecule has 0 aromatic heterocycles. The Hall–Kier alpha value is -3.68. The third-order valence-electron chi connectivity index (χ3n) is 3.88. The highest BCUT2D eigenvalue weighted by molar-refractivity contribution is 6.03. The van der Waals surface area contributed by atoms with Crippen LogP contribution in [0.1, 0.15) is 80.6 Å². The van der Waals surface area contributed by atoms with E-state index in [1.54, 1.807) is 38.1 Å². The van der Waals surface area contributed by atoms with E-state index in [0.717, 1.165) is 0 Å². The molecule has 0 radical (unpaired) electrons. The summed E-state index contributed by atoms with van der Waals surface area (Å²) < 4.78 is 4.92. The number of carboxylic acid groups (broad SMARTS) is 3. The van der Waals surface area contributed by atoms with Crippen LogP contribution in [0.3, 0.4) is 0 Å². The van der Waals surface area contributed by atoms with Crippen molar-refractivity contribution in [1.82, 2.24) is 0 Å². The van der Waals surface area contributed by atoms with Crippen LogP contribution in [0, 0.1) is 0 Å². The van der Waals surface area contributed by atoms with Crippen LogP contribution in [0.15, 0.2) is 42.5 Å². The number of rotatable bonds is 6. The average molecular weight is 416 g/mol. The minimum Gasteiger partial charge on any atom is -0.478 e. The van der Waals surface area contributed by atoms with Crippen LogP contribution >= 0.6 is 0 Å². The number of carboxylic acids is 3. The summed E-state index contributed by atoms with van der Waals surface area (Å²) in [5.74, 6) is -4.17. The summed E-state index contributed by atoms with van der Waals surface area (Å²) in [7, 11) is 0. The highest BCUT2D eigenvalue weighted by Crippen LogP contribution is 2.22. The molecule has 0 saturated heterocycles. The van der Waals surface area contributed by atoms with Crippen LogP contribution in [-0.4, -0.2) is 45.3 Å². The topological polar surface area (TPSA) is 138 Å². The summed E-state index contributed by atoms with van der Waals surface area (Å²) in [5.41, 5.74) is 0.318. The molecule has 0 aliphatic rings. The molecule has 3 N–H and O–H groups in total. The smallest absolute Gasteiger partial charge is 0.339 e. The molecule has 2 rings (SSSR count). The van der Waals surface area contributed by atoms with Gasteiger partial charge in [0.2, 0.25) is 0 Å². The monoisotopic (exact) mass is 416 g/mol. The fourth-order valence-corrected chi connectivity index (χ4v) is 2.59. The van der Waals surface area contributed by atoms with E-state index in [0.29, 0.717) is 5.56 Å². The van der Waals surface area contributed by atoms with E-state index in [4.69, 9.17) is 20.1 Å². The fourth-order valence-electron chi connectivity index (χ4n) is 2.59. The maximum Gasteiger partial charge on any atom is 0.339 e. The molecule has 8 heteroatoms. The molecule has 8 nitrogen and oxygen atoms in total. The first kappa shape index (κ1) is 24.4. The molecule has 30 heavy (non-hydrogen) atoms. The molecule has 0 amide bonds. The van der Waals surface area contributed by atoms with Gasteiger partial charge in [-0.2, -0.15) is 0 Å². The zero-order valence-electron chi connectivity index (χ0n) is 17.1. The van der Waals surface area contributed by atoms with Crippen molar-refractivity contribution in [3.8, 4) is 0 Å². The van der Waals surface area contributed by atoms with Crippen molar-refractivity contribution in [3.05, 3.63) is 70.3 Å². The number of ether oxygens (including phenoxy) is 1. The quantitative estimate of drug-likeness (QED) is 0.597. The molecular formula is C22H24O8. The predicted octanol–water partition coefficient (Wildman–Crippen LogP) is 4.16.